The van der Waals surface area contributed by atoms with Gasteiger partial charge in [-0.15, -0.1) is 0 Å². The zero-order valence-corrected chi connectivity index (χ0v) is 21.8. The Kier molecular flexibility index (Phi) is 7.42. The summed E-state index contributed by atoms with van der Waals surface area (Å²) in [5.74, 6) is 1.37. The van der Waals surface area contributed by atoms with E-state index in [4.69, 9.17) is 9.15 Å². The van der Waals surface area contributed by atoms with Crippen molar-refractivity contribution in [2.45, 2.75) is 45.5 Å². The lowest BCUT2D eigenvalue weighted by molar-refractivity contribution is -0.137. The maximum Gasteiger partial charge on any atom is 0.263 e. The molecule has 37 heavy (non-hydrogen) atoms. The molecule has 1 amide bonds. The van der Waals surface area contributed by atoms with Gasteiger partial charge in [0.25, 0.3) is 5.91 Å². The van der Waals surface area contributed by atoms with E-state index in [0.29, 0.717) is 12.3 Å². The Morgan fingerprint density at radius 3 is 2.59 bits per heavy atom. The van der Waals surface area contributed by atoms with Crippen molar-refractivity contribution in [2.75, 3.05) is 13.6 Å². The zero-order chi connectivity index (χ0) is 25.8. The first-order valence-electron chi connectivity index (χ1n) is 12.9. The largest absolute Gasteiger partial charge is 0.481 e. The van der Waals surface area contributed by atoms with Crippen molar-refractivity contribution in [3.05, 3.63) is 125 Å². The fraction of sp³-hybridized carbons (Fsp3) is 0.281. The molecule has 3 aromatic carbocycles. The van der Waals surface area contributed by atoms with Gasteiger partial charge in [0.1, 0.15) is 11.5 Å². The minimum Gasteiger partial charge on any atom is -0.481 e. The van der Waals surface area contributed by atoms with Gasteiger partial charge in [-0.3, -0.25) is 9.69 Å². The lowest BCUT2D eigenvalue weighted by atomic mass is 9.87. The van der Waals surface area contributed by atoms with Crippen LogP contribution < -0.4 is 4.74 Å². The summed E-state index contributed by atoms with van der Waals surface area (Å²) in [6, 6.07) is 29.4. The Labute approximate surface area is 219 Å². The third-order valence-electron chi connectivity index (χ3n) is 7.21. The Morgan fingerprint density at radius 2 is 1.84 bits per heavy atom. The lowest BCUT2D eigenvalue weighted by Crippen LogP contribution is -2.38. The number of aryl methyl sites for hydroxylation is 1. The number of rotatable bonds is 8. The number of carbonyl (C=O) groups excluding carboxylic acids is 1. The van der Waals surface area contributed by atoms with E-state index in [-0.39, 0.29) is 11.9 Å². The monoisotopic (exact) mass is 494 g/mol. The second-order valence-corrected chi connectivity index (χ2v) is 9.85. The van der Waals surface area contributed by atoms with Crippen molar-refractivity contribution in [1.29, 1.82) is 0 Å². The van der Waals surface area contributed by atoms with Crippen LogP contribution in [-0.2, 0) is 24.3 Å². The number of furan rings is 1. The van der Waals surface area contributed by atoms with Crippen LogP contribution in [0.4, 0.5) is 0 Å². The Morgan fingerprint density at radius 1 is 1.05 bits per heavy atom. The van der Waals surface area contributed by atoms with E-state index < -0.39 is 6.10 Å². The van der Waals surface area contributed by atoms with Gasteiger partial charge in [0.15, 0.2) is 6.10 Å². The van der Waals surface area contributed by atoms with E-state index in [2.05, 4.69) is 78.6 Å². The van der Waals surface area contributed by atoms with Gasteiger partial charge in [-0.1, -0.05) is 60.7 Å². The lowest BCUT2D eigenvalue weighted by Gasteiger charge is -2.38. The summed E-state index contributed by atoms with van der Waals surface area (Å²) in [7, 11) is 1.77. The standard InChI is InChI=1S/C32H34N2O3/c1-23-10-7-8-13-27(23)21-34-18-17-25-15-16-28(20-30(25)31(34)26-11-5-4-6-12-26)37-24(2)32(35)33(3)22-29-14-9-19-36-29/h4-16,19-20,24,31H,17-18,21-22H2,1-3H3. The fourth-order valence-corrected chi connectivity index (χ4v) is 5.20. The predicted molar refractivity (Wildman–Crippen MR) is 145 cm³/mol. The Balaban J connectivity index is 1.40. The second kappa shape index (κ2) is 11.1. The number of carbonyl (C=O) groups is 1. The van der Waals surface area contributed by atoms with Crippen LogP contribution >= 0.6 is 0 Å². The third kappa shape index (κ3) is 5.62. The SMILES string of the molecule is Cc1ccccc1CN1CCc2ccc(OC(C)C(=O)N(C)Cc3ccco3)cc2C1c1ccccc1. The average Bonchev–Trinajstić information content (AvgIpc) is 3.43. The zero-order valence-electron chi connectivity index (χ0n) is 21.8. The molecule has 5 heteroatoms. The molecule has 2 atom stereocenters. The minimum absolute atomic E-state index is 0.0880. The highest BCUT2D eigenvalue weighted by molar-refractivity contribution is 5.80. The first-order chi connectivity index (χ1) is 18.0. The molecule has 2 heterocycles. The summed E-state index contributed by atoms with van der Waals surface area (Å²) in [6.07, 6.45) is 1.98. The summed E-state index contributed by atoms with van der Waals surface area (Å²) in [5.41, 5.74) is 6.49. The predicted octanol–water partition coefficient (Wildman–Crippen LogP) is 6.16. The minimum atomic E-state index is -0.611. The van der Waals surface area contributed by atoms with Gasteiger partial charge in [0, 0.05) is 20.1 Å². The molecular weight excluding hydrogens is 460 g/mol. The average molecular weight is 495 g/mol. The molecule has 190 valence electrons. The molecule has 0 spiro atoms. The van der Waals surface area contributed by atoms with Gasteiger partial charge in [-0.2, -0.15) is 0 Å². The molecule has 0 N–H and O–H groups in total. The number of nitrogens with zero attached hydrogens (tertiary/aromatic N) is 2. The Bertz CT molecular complexity index is 1330. The van der Waals surface area contributed by atoms with E-state index in [1.165, 1.54) is 27.8 Å². The van der Waals surface area contributed by atoms with E-state index in [1.54, 1.807) is 25.1 Å². The molecule has 4 aromatic rings. The van der Waals surface area contributed by atoms with Crippen molar-refractivity contribution in [2.24, 2.45) is 0 Å². The fourth-order valence-electron chi connectivity index (χ4n) is 5.20. The van der Waals surface area contributed by atoms with Gasteiger partial charge in [-0.25, -0.2) is 0 Å². The van der Waals surface area contributed by atoms with E-state index in [1.807, 2.05) is 18.2 Å². The Hall–Kier alpha value is -3.83. The highest BCUT2D eigenvalue weighted by Crippen LogP contribution is 2.38. The van der Waals surface area contributed by atoms with Crippen LogP contribution in [0.5, 0.6) is 5.75 Å². The van der Waals surface area contributed by atoms with Gasteiger partial charge in [0.05, 0.1) is 18.8 Å². The molecule has 0 saturated heterocycles. The van der Waals surface area contributed by atoms with Crippen LogP contribution in [0.25, 0.3) is 0 Å². The normalized spacial score (nSPS) is 16.1. The smallest absolute Gasteiger partial charge is 0.263 e. The first kappa shape index (κ1) is 24.8. The van der Waals surface area contributed by atoms with Crippen LogP contribution in [-0.4, -0.2) is 35.4 Å². The number of fused-ring (bicyclic) bond motifs is 1. The van der Waals surface area contributed by atoms with E-state index in [0.717, 1.165) is 25.3 Å². The number of amides is 1. The first-order valence-corrected chi connectivity index (χ1v) is 12.9. The molecule has 0 saturated carbocycles. The molecule has 1 aromatic heterocycles. The summed E-state index contributed by atoms with van der Waals surface area (Å²) in [5, 5.41) is 0. The van der Waals surface area contributed by atoms with Gasteiger partial charge in [0.2, 0.25) is 0 Å². The van der Waals surface area contributed by atoms with Crippen LogP contribution in [0.2, 0.25) is 0 Å². The molecule has 1 aliphatic heterocycles. The maximum atomic E-state index is 13.0. The molecule has 0 fully saturated rings. The van der Waals surface area contributed by atoms with Crippen LogP contribution in [0, 0.1) is 6.92 Å². The molecule has 2 unspecified atom stereocenters. The summed E-state index contributed by atoms with van der Waals surface area (Å²) < 4.78 is 11.6. The molecule has 0 aliphatic carbocycles. The van der Waals surface area contributed by atoms with E-state index in [9.17, 15) is 4.79 Å². The van der Waals surface area contributed by atoms with Crippen molar-refractivity contribution in [3.63, 3.8) is 0 Å². The van der Waals surface area contributed by atoms with Crippen LogP contribution in [0.15, 0.2) is 95.6 Å². The summed E-state index contributed by atoms with van der Waals surface area (Å²) >= 11 is 0. The number of ether oxygens (including phenoxy) is 1. The van der Waals surface area contributed by atoms with Crippen molar-refractivity contribution in [1.82, 2.24) is 9.80 Å². The van der Waals surface area contributed by atoms with Gasteiger partial charge < -0.3 is 14.1 Å². The summed E-state index contributed by atoms with van der Waals surface area (Å²) in [4.78, 5) is 17.2. The van der Waals surface area contributed by atoms with Gasteiger partial charge in [-0.05, 0) is 72.4 Å². The molecule has 5 rings (SSSR count). The second-order valence-electron chi connectivity index (χ2n) is 9.85. The number of hydrogen-bond donors (Lipinski definition) is 0. The highest BCUT2D eigenvalue weighted by atomic mass is 16.5. The third-order valence-corrected chi connectivity index (χ3v) is 7.21. The van der Waals surface area contributed by atoms with E-state index >= 15 is 0 Å². The number of likely N-dealkylation sites (N-methyl/N-ethyl adjacent to an activating group) is 1. The topological polar surface area (TPSA) is 45.9 Å². The molecule has 0 radical (unpaired) electrons. The molecule has 0 bridgehead atoms. The highest BCUT2D eigenvalue weighted by Gasteiger charge is 2.30. The van der Waals surface area contributed by atoms with Gasteiger partial charge >= 0.3 is 0 Å². The van der Waals surface area contributed by atoms with Crippen molar-refractivity contribution >= 4 is 5.91 Å². The van der Waals surface area contributed by atoms with Crippen LogP contribution in [0.1, 0.15) is 46.5 Å². The van der Waals surface area contributed by atoms with Crippen LogP contribution in [0.3, 0.4) is 0 Å². The quantitative estimate of drug-likeness (QED) is 0.294. The van der Waals surface area contributed by atoms with Crippen molar-refractivity contribution < 1.29 is 13.9 Å². The number of benzene rings is 3. The molecule has 1 aliphatic rings. The molecule has 5 nitrogen and oxygen atoms in total. The molecular formula is C32H34N2O3. The summed E-state index contributed by atoms with van der Waals surface area (Å²) in [6.45, 7) is 6.25. The maximum absolute atomic E-state index is 13.0. The van der Waals surface area contributed by atoms with Crippen molar-refractivity contribution in [3.8, 4) is 5.75 Å². The number of hydrogen-bond acceptors (Lipinski definition) is 4.